The van der Waals surface area contributed by atoms with Gasteiger partial charge in [0.15, 0.2) is 11.6 Å². The van der Waals surface area contributed by atoms with Crippen molar-refractivity contribution < 1.29 is 9.59 Å². The fourth-order valence-electron chi connectivity index (χ4n) is 3.25. The topological polar surface area (TPSA) is 47.0 Å². The molecule has 6 heteroatoms. The summed E-state index contributed by atoms with van der Waals surface area (Å²) in [7, 11) is 0. The van der Waals surface area contributed by atoms with Crippen molar-refractivity contribution >= 4 is 46.7 Å². The van der Waals surface area contributed by atoms with Gasteiger partial charge in [-0.25, -0.2) is 4.98 Å². The highest BCUT2D eigenvalue weighted by atomic mass is 35.5. The van der Waals surface area contributed by atoms with Gasteiger partial charge in [-0.15, -0.1) is 11.8 Å². The molecule has 3 nitrogen and oxygen atoms in total. The number of fused-ring (bicyclic) bond motifs is 1. The molecule has 0 saturated carbocycles. The minimum atomic E-state index is -0.252. The van der Waals surface area contributed by atoms with Gasteiger partial charge in [-0.05, 0) is 49.1 Å². The number of allylic oxidation sites excluding steroid dienone is 2. The smallest absolute Gasteiger partial charge is 0.198 e. The first kappa shape index (κ1) is 17.8. The van der Waals surface area contributed by atoms with Gasteiger partial charge in [-0.3, -0.25) is 9.59 Å². The van der Waals surface area contributed by atoms with E-state index in [-0.39, 0.29) is 11.6 Å². The number of hydrogen-bond donors (Lipinski definition) is 0. The number of ketones is 2. The summed E-state index contributed by atoms with van der Waals surface area (Å²) in [6.45, 7) is 0. The summed E-state index contributed by atoms with van der Waals surface area (Å²) in [5.74, 6) is 0.637. The van der Waals surface area contributed by atoms with Gasteiger partial charge in [0.25, 0.3) is 0 Å². The zero-order valence-electron chi connectivity index (χ0n) is 14.0. The number of hydrogen-bond acceptors (Lipinski definition) is 5. The van der Waals surface area contributed by atoms with Crippen molar-refractivity contribution in [2.45, 2.75) is 35.6 Å². The zero-order chi connectivity index (χ0) is 18.1. The molecule has 2 aromatic rings. The fourth-order valence-corrected chi connectivity index (χ4v) is 5.79. The Morgan fingerprint density at radius 3 is 2.85 bits per heavy atom. The van der Waals surface area contributed by atoms with Crippen molar-refractivity contribution in [1.82, 2.24) is 4.98 Å². The SMILES string of the molecule is O=C1CCCC(Sc2ccccn2)=C1C(=O)c1ccc2c(c1Cl)CCS2. The van der Waals surface area contributed by atoms with E-state index >= 15 is 0 Å². The van der Waals surface area contributed by atoms with Crippen molar-refractivity contribution in [1.29, 1.82) is 0 Å². The van der Waals surface area contributed by atoms with Crippen molar-refractivity contribution in [2.24, 2.45) is 0 Å². The van der Waals surface area contributed by atoms with Crippen molar-refractivity contribution in [3.05, 3.63) is 63.2 Å². The summed E-state index contributed by atoms with van der Waals surface area (Å²) in [4.78, 5) is 32.1. The number of nitrogens with zero attached hydrogens (tertiary/aromatic N) is 1. The predicted octanol–water partition coefficient (Wildman–Crippen LogP) is 5.37. The summed E-state index contributed by atoms with van der Waals surface area (Å²) >= 11 is 9.70. The van der Waals surface area contributed by atoms with Crippen LogP contribution >= 0.6 is 35.1 Å². The summed E-state index contributed by atoms with van der Waals surface area (Å²) in [6, 6.07) is 9.35. The lowest BCUT2D eigenvalue weighted by molar-refractivity contribution is -0.115. The third-order valence-electron chi connectivity index (χ3n) is 4.51. The number of carbonyl (C=O) groups is 2. The number of rotatable bonds is 4. The number of aromatic nitrogens is 1. The average Bonchev–Trinajstić information content (AvgIpc) is 3.12. The number of halogens is 1. The van der Waals surface area contributed by atoms with E-state index in [0.29, 0.717) is 29.0 Å². The Kier molecular flexibility index (Phi) is 5.20. The Balaban J connectivity index is 1.75. The van der Waals surface area contributed by atoms with Crippen molar-refractivity contribution in [3.8, 4) is 0 Å². The molecule has 132 valence electrons. The molecular weight excluding hydrogens is 386 g/mol. The number of carbonyl (C=O) groups excluding carboxylic acids is 2. The van der Waals surface area contributed by atoms with Gasteiger partial charge in [0.2, 0.25) is 0 Å². The number of benzene rings is 1. The fraction of sp³-hybridized carbons (Fsp3) is 0.250. The summed E-state index contributed by atoms with van der Waals surface area (Å²) in [5.41, 5.74) is 1.77. The normalized spacial score (nSPS) is 16.7. The molecule has 1 aliphatic carbocycles. The van der Waals surface area contributed by atoms with Crippen LogP contribution in [0.3, 0.4) is 0 Å². The maximum atomic E-state index is 13.2. The maximum Gasteiger partial charge on any atom is 0.198 e. The van der Waals surface area contributed by atoms with Crippen LogP contribution in [0.15, 0.2) is 56.9 Å². The van der Waals surface area contributed by atoms with E-state index in [1.807, 2.05) is 24.3 Å². The zero-order valence-corrected chi connectivity index (χ0v) is 16.3. The first-order valence-electron chi connectivity index (χ1n) is 8.49. The molecule has 2 heterocycles. The van der Waals surface area contributed by atoms with Crippen LogP contribution in [0.5, 0.6) is 0 Å². The lowest BCUT2D eigenvalue weighted by Gasteiger charge is -2.19. The number of thioether (sulfide) groups is 2. The second-order valence-corrected chi connectivity index (χ2v) is 8.81. The van der Waals surface area contributed by atoms with Gasteiger partial charge < -0.3 is 0 Å². The van der Waals surface area contributed by atoms with E-state index in [0.717, 1.165) is 39.0 Å². The Hall–Kier alpha value is -1.56. The first-order chi connectivity index (χ1) is 12.6. The average molecular weight is 402 g/mol. The van der Waals surface area contributed by atoms with Crippen LogP contribution in [-0.2, 0) is 11.2 Å². The van der Waals surface area contributed by atoms with Crippen LogP contribution in [0, 0.1) is 0 Å². The van der Waals surface area contributed by atoms with Gasteiger partial charge in [-0.1, -0.05) is 29.4 Å². The Bertz CT molecular complexity index is 925. The van der Waals surface area contributed by atoms with Gasteiger partial charge in [-0.2, -0.15) is 0 Å². The van der Waals surface area contributed by atoms with Gasteiger partial charge in [0.1, 0.15) is 5.03 Å². The quantitative estimate of drug-likeness (QED) is 0.509. The Morgan fingerprint density at radius 2 is 2.04 bits per heavy atom. The van der Waals surface area contributed by atoms with Crippen LogP contribution in [-0.4, -0.2) is 22.3 Å². The first-order valence-corrected chi connectivity index (χ1v) is 10.7. The van der Waals surface area contributed by atoms with Crippen LogP contribution in [0.2, 0.25) is 5.02 Å². The summed E-state index contributed by atoms with van der Waals surface area (Å²) in [5, 5.41) is 1.30. The monoisotopic (exact) mass is 401 g/mol. The Morgan fingerprint density at radius 1 is 1.15 bits per heavy atom. The molecular formula is C20H16ClNO2S2. The number of pyridine rings is 1. The lowest BCUT2D eigenvalue weighted by Crippen LogP contribution is -2.19. The summed E-state index contributed by atoms with van der Waals surface area (Å²) in [6.07, 6.45) is 4.46. The van der Waals surface area contributed by atoms with Gasteiger partial charge in [0, 0.05) is 33.7 Å². The minimum absolute atomic E-state index is 0.0920. The molecule has 0 N–H and O–H groups in total. The standard InChI is InChI=1S/C20H16ClNO2S2/c21-19-12-9-11-25-15(12)8-7-13(19)20(24)18-14(23)4-3-5-16(18)26-17-6-1-2-10-22-17/h1-2,6-8,10H,3-5,9,11H2. The molecule has 4 rings (SSSR count). The molecule has 0 unspecified atom stereocenters. The third-order valence-corrected chi connectivity index (χ3v) is 7.15. The molecule has 26 heavy (non-hydrogen) atoms. The van der Waals surface area contributed by atoms with E-state index in [9.17, 15) is 9.59 Å². The molecule has 1 aromatic heterocycles. The molecule has 0 radical (unpaired) electrons. The molecule has 0 atom stereocenters. The molecule has 1 aliphatic heterocycles. The summed E-state index contributed by atoms with van der Waals surface area (Å²) < 4.78 is 0. The second-order valence-electron chi connectivity index (χ2n) is 6.18. The van der Waals surface area contributed by atoms with Crippen molar-refractivity contribution in [2.75, 3.05) is 5.75 Å². The molecule has 0 fully saturated rings. The Labute approximate surface area is 165 Å². The molecule has 0 bridgehead atoms. The molecule has 1 aromatic carbocycles. The largest absolute Gasteiger partial charge is 0.294 e. The van der Waals surface area contributed by atoms with E-state index in [1.54, 1.807) is 24.0 Å². The third kappa shape index (κ3) is 3.36. The van der Waals surface area contributed by atoms with Gasteiger partial charge >= 0.3 is 0 Å². The van der Waals surface area contributed by atoms with Crippen LogP contribution < -0.4 is 0 Å². The second kappa shape index (κ2) is 7.59. The van der Waals surface area contributed by atoms with Crippen LogP contribution in [0.1, 0.15) is 35.2 Å². The highest BCUT2D eigenvalue weighted by Crippen LogP contribution is 2.41. The predicted molar refractivity (Wildman–Crippen MR) is 106 cm³/mol. The molecule has 0 amide bonds. The van der Waals surface area contributed by atoms with E-state index in [4.69, 9.17) is 11.6 Å². The van der Waals surface area contributed by atoms with Crippen molar-refractivity contribution in [3.63, 3.8) is 0 Å². The number of Topliss-reactive ketones (excluding diaryl/α,β-unsaturated/α-hetero) is 2. The minimum Gasteiger partial charge on any atom is -0.294 e. The van der Waals surface area contributed by atoms with E-state index in [1.165, 1.54) is 11.8 Å². The van der Waals surface area contributed by atoms with Gasteiger partial charge in [0.05, 0.1) is 10.6 Å². The van der Waals surface area contributed by atoms with Crippen LogP contribution in [0.4, 0.5) is 0 Å². The maximum absolute atomic E-state index is 13.2. The molecule has 0 spiro atoms. The molecule has 0 saturated heterocycles. The van der Waals surface area contributed by atoms with Crippen LogP contribution in [0.25, 0.3) is 0 Å². The highest BCUT2D eigenvalue weighted by molar-refractivity contribution is 8.03. The van der Waals surface area contributed by atoms with E-state index in [2.05, 4.69) is 4.98 Å². The highest BCUT2D eigenvalue weighted by Gasteiger charge is 2.30. The molecule has 2 aliphatic rings. The van der Waals surface area contributed by atoms with E-state index < -0.39 is 0 Å². The lowest BCUT2D eigenvalue weighted by atomic mass is 9.91.